The molecule has 0 bridgehead atoms. The highest BCUT2D eigenvalue weighted by Gasteiger charge is 2.06. The Morgan fingerprint density at radius 3 is 2.95 bits per heavy atom. The highest BCUT2D eigenvalue weighted by Crippen LogP contribution is 2.19. The van der Waals surface area contributed by atoms with E-state index in [9.17, 15) is 0 Å². The van der Waals surface area contributed by atoms with E-state index in [-0.39, 0.29) is 0 Å². The fourth-order valence-electron chi connectivity index (χ4n) is 2.08. The van der Waals surface area contributed by atoms with Crippen molar-refractivity contribution < 1.29 is 0 Å². The van der Waals surface area contributed by atoms with Gasteiger partial charge in [0, 0.05) is 36.9 Å². The number of H-pyrrole nitrogens is 1. The maximum atomic E-state index is 4.51. The maximum absolute atomic E-state index is 4.51. The third-order valence-corrected chi connectivity index (χ3v) is 3.18. The molecule has 0 aromatic carbocycles. The number of anilines is 1. The zero-order chi connectivity index (χ0) is 14.5. The molecule has 0 fully saturated rings. The fraction of sp³-hybridized carbons (Fsp3) is 0.200. The van der Waals surface area contributed by atoms with Crippen LogP contribution in [0.25, 0.3) is 11.3 Å². The molecule has 3 aromatic rings. The smallest absolute Gasteiger partial charge is 0.223 e. The first-order chi connectivity index (χ1) is 10.3. The first-order valence-corrected chi connectivity index (χ1v) is 6.79. The number of rotatable bonds is 5. The molecule has 0 radical (unpaired) electrons. The van der Waals surface area contributed by atoms with Crippen molar-refractivity contribution in [3.8, 4) is 11.3 Å². The molecule has 0 aliphatic rings. The summed E-state index contributed by atoms with van der Waals surface area (Å²) in [5.74, 6) is 0.622. The number of nitrogens with one attached hydrogen (secondary N) is 2. The van der Waals surface area contributed by atoms with E-state index in [2.05, 4.69) is 36.5 Å². The van der Waals surface area contributed by atoms with Crippen molar-refractivity contribution in [2.24, 2.45) is 0 Å². The van der Waals surface area contributed by atoms with Gasteiger partial charge in [0.05, 0.1) is 11.4 Å². The highest BCUT2D eigenvalue weighted by atomic mass is 15.1. The van der Waals surface area contributed by atoms with Crippen LogP contribution in [0.5, 0.6) is 0 Å². The van der Waals surface area contributed by atoms with E-state index in [1.807, 2.05) is 31.5 Å². The van der Waals surface area contributed by atoms with Crippen molar-refractivity contribution in [1.82, 2.24) is 25.1 Å². The maximum Gasteiger partial charge on any atom is 0.223 e. The Morgan fingerprint density at radius 2 is 2.19 bits per heavy atom. The van der Waals surface area contributed by atoms with Crippen LogP contribution in [0.4, 0.5) is 5.95 Å². The third-order valence-electron chi connectivity index (χ3n) is 3.18. The zero-order valence-corrected chi connectivity index (χ0v) is 11.7. The monoisotopic (exact) mass is 280 g/mol. The summed E-state index contributed by atoms with van der Waals surface area (Å²) in [6.07, 6.45) is 8.12. The Hall–Kier alpha value is -2.76. The average Bonchev–Trinajstić information content (AvgIpc) is 2.95. The van der Waals surface area contributed by atoms with E-state index in [1.54, 1.807) is 12.4 Å². The minimum Gasteiger partial charge on any atom is -0.354 e. The van der Waals surface area contributed by atoms with Crippen molar-refractivity contribution >= 4 is 5.95 Å². The van der Waals surface area contributed by atoms with Crippen molar-refractivity contribution in [1.29, 1.82) is 0 Å². The van der Waals surface area contributed by atoms with E-state index in [0.717, 1.165) is 29.9 Å². The van der Waals surface area contributed by atoms with Gasteiger partial charge in [-0.25, -0.2) is 9.97 Å². The summed E-state index contributed by atoms with van der Waals surface area (Å²) in [5, 5.41) is 10.2. The molecule has 6 nitrogen and oxygen atoms in total. The zero-order valence-electron chi connectivity index (χ0n) is 11.7. The molecule has 3 rings (SSSR count). The van der Waals surface area contributed by atoms with Crippen molar-refractivity contribution in [3.05, 3.63) is 54.2 Å². The van der Waals surface area contributed by atoms with E-state index in [0.29, 0.717) is 5.95 Å². The lowest BCUT2D eigenvalue weighted by molar-refractivity contribution is 0.975. The lowest BCUT2D eigenvalue weighted by Gasteiger charge is -2.06. The molecule has 0 atom stereocenters. The summed E-state index contributed by atoms with van der Waals surface area (Å²) in [6.45, 7) is 2.71. The van der Waals surface area contributed by atoms with Gasteiger partial charge < -0.3 is 5.32 Å². The number of aromatic amines is 1. The van der Waals surface area contributed by atoms with Gasteiger partial charge in [-0.15, -0.1) is 0 Å². The Kier molecular flexibility index (Phi) is 3.86. The minimum atomic E-state index is 0.622. The summed E-state index contributed by atoms with van der Waals surface area (Å²) < 4.78 is 0. The lowest BCUT2D eigenvalue weighted by Crippen LogP contribution is -2.08. The number of aryl methyl sites for hydroxylation is 1. The minimum absolute atomic E-state index is 0.622. The van der Waals surface area contributed by atoms with E-state index in [4.69, 9.17) is 0 Å². The second-order valence-corrected chi connectivity index (χ2v) is 4.69. The molecule has 3 aromatic heterocycles. The summed E-state index contributed by atoms with van der Waals surface area (Å²) in [4.78, 5) is 12.8. The molecule has 21 heavy (non-hydrogen) atoms. The molecule has 0 saturated heterocycles. The highest BCUT2D eigenvalue weighted by molar-refractivity contribution is 5.61. The quantitative estimate of drug-likeness (QED) is 0.749. The summed E-state index contributed by atoms with van der Waals surface area (Å²) in [5.41, 5.74) is 3.97. The molecule has 0 spiro atoms. The van der Waals surface area contributed by atoms with Crippen molar-refractivity contribution in [2.45, 2.75) is 13.3 Å². The predicted molar refractivity (Wildman–Crippen MR) is 80.8 cm³/mol. The second-order valence-electron chi connectivity index (χ2n) is 4.69. The second kappa shape index (κ2) is 6.13. The Bertz CT molecular complexity index is 707. The molecular weight excluding hydrogens is 264 g/mol. The number of pyridine rings is 1. The van der Waals surface area contributed by atoms with Crippen LogP contribution in [0.1, 0.15) is 11.3 Å². The van der Waals surface area contributed by atoms with Gasteiger partial charge >= 0.3 is 0 Å². The van der Waals surface area contributed by atoms with Crippen LogP contribution >= 0.6 is 0 Å². The van der Waals surface area contributed by atoms with Gasteiger partial charge in [-0.1, -0.05) is 6.07 Å². The number of hydrogen-bond donors (Lipinski definition) is 2. The van der Waals surface area contributed by atoms with Gasteiger partial charge in [-0.05, 0) is 31.0 Å². The van der Waals surface area contributed by atoms with Crippen LogP contribution in [0.3, 0.4) is 0 Å². The molecule has 106 valence electrons. The van der Waals surface area contributed by atoms with Gasteiger partial charge in [0.15, 0.2) is 0 Å². The summed E-state index contributed by atoms with van der Waals surface area (Å²) in [7, 11) is 0. The molecule has 0 aliphatic heterocycles. The molecule has 0 aliphatic carbocycles. The first kappa shape index (κ1) is 13.2. The molecule has 3 heterocycles. The van der Waals surface area contributed by atoms with E-state index < -0.39 is 0 Å². The van der Waals surface area contributed by atoms with E-state index in [1.165, 1.54) is 5.56 Å². The fourth-order valence-corrected chi connectivity index (χ4v) is 2.08. The topological polar surface area (TPSA) is 79.4 Å². The Balaban J connectivity index is 1.65. The number of hydrogen-bond acceptors (Lipinski definition) is 5. The molecule has 6 heteroatoms. The third kappa shape index (κ3) is 3.22. The van der Waals surface area contributed by atoms with Crippen LogP contribution in [0.2, 0.25) is 0 Å². The van der Waals surface area contributed by atoms with Gasteiger partial charge in [0.25, 0.3) is 0 Å². The summed E-state index contributed by atoms with van der Waals surface area (Å²) in [6, 6.07) is 5.87. The van der Waals surface area contributed by atoms with Gasteiger partial charge in [0.1, 0.15) is 0 Å². The molecule has 0 unspecified atom stereocenters. The van der Waals surface area contributed by atoms with Crippen LogP contribution < -0.4 is 5.32 Å². The van der Waals surface area contributed by atoms with Gasteiger partial charge in [-0.3, -0.25) is 10.1 Å². The van der Waals surface area contributed by atoms with Gasteiger partial charge in [0.2, 0.25) is 5.95 Å². The van der Waals surface area contributed by atoms with Crippen LogP contribution in [0, 0.1) is 6.92 Å². The van der Waals surface area contributed by atoms with Crippen LogP contribution in [-0.2, 0) is 6.42 Å². The predicted octanol–water partition coefficient (Wildman–Crippen LogP) is 2.22. The largest absolute Gasteiger partial charge is 0.354 e. The SMILES string of the molecule is Cc1n[nH]cc1-c1ccnc(NCCc2cccnc2)n1. The van der Waals surface area contributed by atoms with Crippen molar-refractivity contribution in [3.63, 3.8) is 0 Å². The van der Waals surface area contributed by atoms with E-state index >= 15 is 0 Å². The van der Waals surface area contributed by atoms with Crippen LogP contribution in [-0.4, -0.2) is 31.7 Å². The Labute approximate surface area is 122 Å². The standard InChI is InChI=1S/C15H16N6/c1-11-13(10-19-21-11)14-5-8-18-15(20-14)17-7-4-12-3-2-6-16-9-12/h2-3,5-6,8-10H,4,7H2,1H3,(H,19,21)(H,17,18,20). The number of aromatic nitrogens is 5. The number of nitrogens with zero attached hydrogens (tertiary/aromatic N) is 4. The van der Waals surface area contributed by atoms with Gasteiger partial charge in [-0.2, -0.15) is 5.10 Å². The Morgan fingerprint density at radius 1 is 1.24 bits per heavy atom. The molecule has 0 amide bonds. The normalized spacial score (nSPS) is 10.5. The van der Waals surface area contributed by atoms with Crippen molar-refractivity contribution in [2.75, 3.05) is 11.9 Å². The summed E-state index contributed by atoms with van der Waals surface area (Å²) >= 11 is 0. The average molecular weight is 280 g/mol. The lowest BCUT2D eigenvalue weighted by atomic mass is 10.2. The molecular formula is C15H16N6. The molecule has 2 N–H and O–H groups in total. The first-order valence-electron chi connectivity index (χ1n) is 6.79. The van der Waals surface area contributed by atoms with Crippen LogP contribution in [0.15, 0.2) is 43.0 Å². The molecule has 0 saturated carbocycles.